The summed E-state index contributed by atoms with van der Waals surface area (Å²) in [5, 5.41) is 0.724. The SMILES string of the molecule is CCn1c(CN(C)Cc2ccc(Cl)cc2)nc2cc(S(=O)(=O)N3CCOCC3)ccc21. The highest BCUT2D eigenvalue weighted by Crippen LogP contribution is 2.24. The van der Waals surface area contributed by atoms with Crippen LogP contribution >= 0.6 is 11.6 Å². The molecule has 0 unspecified atom stereocenters. The van der Waals surface area contributed by atoms with Crippen molar-refractivity contribution in [3.63, 3.8) is 0 Å². The van der Waals surface area contributed by atoms with Gasteiger partial charge in [0.15, 0.2) is 0 Å². The normalized spacial score (nSPS) is 15.7. The lowest BCUT2D eigenvalue weighted by atomic mass is 10.2. The van der Waals surface area contributed by atoms with E-state index in [4.69, 9.17) is 21.3 Å². The number of aryl methyl sites for hydroxylation is 1. The number of rotatable bonds is 7. The van der Waals surface area contributed by atoms with Crippen molar-refractivity contribution in [2.75, 3.05) is 33.4 Å². The average molecular weight is 463 g/mol. The number of fused-ring (bicyclic) bond motifs is 1. The summed E-state index contributed by atoms with van der Waals surface area (Å²) in [6.07, 6.45) is 0. The third-order valence-electron chi connectivity index (χ3n) is 5.50. The quantitative estimate of drug-likeness (QED) is 0.538. The van der Waals surface area contributed by atoms with Gasteiger partial charge in [-0.25, -0.2) is 13.4 Å². The zero-order chi connectivity index (χ0) is 22.0. The summed E-state index contributed by atoms with van der Waals surface area (Å²) in [5.74, 6) is 0.912. The Balaban J connectivity index is 1.58. The highest BCUT2D eigenvalue weighted by molar-refractivity contribution is 7.89. The molecule has 0 amide bonds. The fraction of sp³-hybridized carbons (Fsp3) is 0.409. The fourth-order valence-corrected chi connectivity index (χ4v) is 5.48. The predicted octanol–water partition coefficient (Wildman–Crippen LogP) is 3.36. The van der Waals surface area contributed by atoms with Gasteiger partial charge in [0, 0.05) is 31.2 Å². The minimum absolute atomic E-state index is 0.281. The maximum absolute atomic E-state index is 13.0. The number of nitrogens with zero attached hydrogens (tertiary/aromatic N) is 4. The third kappa shape index (κ3) is 4.78. The molecule has 31 heavy (non-hydrogen) atoms. The minimum Gasteiger partial charge on any atom is -0.379 e. The van der Waals surface area contributed by atoms with Crippen molar-refractivity contribution in [2.24, 2.45) is 0 Å². The Morgan fingerprint density at radius 3 is 2.48 bits per heavy atom. The molecule has 0 bridgehead atoms. The lowest BCUT2D eigenvalue weighted by Gasteiger charge is -2.26. The third-order valence-corrected chi connectivity index (χ3v) is 7.65. The van der Waals surface area contributed by atoms with Crippen LogP contribution in [0.4, 0.5) is 0 Å². The van der Waals surface area contributed by atoms with E-state index in [2.05, 4.69) is 16.4 Å². The van der Waals surface area contributed by atoms with Crippen LogP contribution in [0.2, 0.25) is 5.02 Å². The monoisotopic (exact) mass is 462 g/mol. The van der Waals surface area contributed by atoms with Gasteiger partial charge in [-0.05, 0) is 49.9 Å². The summed E-state index contributed by atoms with van der Waals surface area (Å²) in [6, 6.07) is 13.1. The molecule has 0 atom stereocenters. The van der Waals surface area contributed by atoms with Crippen LogP contribution in [0.5, 0.6) is 0 Å². The fourth-order valence-electron chi connectivity index (χ4n) is 3.93. The lowest BCUT2D eigenvalue weighted by Crippen LogP contribution is -2.40. The van der Waals surface area contributed by atoms with E-state index in [0.717, 1.165) is 29.5 Å². The zero-order valence-electron chi connectivity index (χ0n) is 17.8. The van der Waals surface area contributed by atoms with Crippen LogP contribution in [-0.2, 0) is 34.4 Å². The standard InChI is InChI=1S/C22H27ClN4O3S/c1-3-27-21-9-8-19(31(28,29)26-10-12-30-13-11-26)14-20(21)24-22(27)16-25(2)15-17-4-6-18(23)7-5-17/h4-9,14H,3,10-13,15-16H2,1-2H3. The van der Waals surface area contributed by atoms with Gasteiger partial charge in [-0.1, -0.05) is 23.7 Å². The smallest absolute Gasteiger partial charge is 0.243 e. The van der Waals surface area contributed by atoms with E-state index in [1.165, 1.54) is 9.87 Å². The summed E-state index contributed by atoms with van der Waals surface area (Å²) in [5.41, 5.74) is 2.81. The summed E-state index contributed by atoms with van der Waals surface area (Å²) in [6.45, 7) is 5.86. The van der Waals surface area contributed by atoms with E-state index < -0.39 is 10.0 Å². The van der Waals surface area contributed by atoms with E-state index in [1.807, 2.05) is 37.4 Å². The van der Waals surface area contributed by atoms with Crippen molar-refractivity contribution >= 4 is 32.7 Å². The Bertz CT molecular complexity index is 1160. The van der Waals surface area contributed by atoms with Gasteiger partial charge < -0.3 is 9.30 Å². The first-order valence-electron chi connectivity index (χ1n) is 10.4. The number of aromatic nitrogens is 2. The Morgan fingerprint density at radius 2 is 1.81 bits per heavy atom. The number of morpholine rings is 1. The number of halogens is 1. The number of benzene rings is 2. The molecule has 0 spiro atoms. The molecule has 3 aromatic rings. The van der Waals surface area contributed by atoms with Crippen molar-refractivity contribution in [1.29, 1.82) is 0 Å². The van der Waals surface area contributed by atoms with Crippen LogP contribution in [-0.4, -0.2) is 60.5 Å². The molecule has 1 aromatic heterocycles. The highest BCUT2D eigenvalue weighted by atomic mass is 35.5. The summed E-state index contributed by atoms with van der Waals surface area (Å²) < 4.78 is 34.9. The molecule has 7 nitrogen and oxygen atoms in total. The molecule has 2 aromatic carbocycles. The molecule has 0 N–H and O–H groups in total. The maximum Gasteiger partial charge on any atom is 0.243 e. The topological polar surface area (TPSA) is 67.7 Å². The second-order valence-corrected chi connectivity index (χ2v) is 10.1. The van der Waals surface area contributed by atoms with Gasteiger partial charge in [0.1, 0.15) is 5.82 Å². The Hall–Kier alpha value is -1.97. The number of sulfonamides is 1. The number of ether oxygens (including phenoxy) is 1. The van der Waals surface area contributed by atoms with Gasteiger partial charge in [0.05, 0.1) is 35.7 Å². The summed E-state index contributed by atoms with van der Waals surface area (Å²) >= 11 is 5.98. The Morgan fingerprint density at radius 1 is 1.10 bits per heavy atom. The van der Waals surface area contributed by atoms with Gasteiger partial charge in [-0.15, -0.1) is 0 Å². The van der Waals surface area contributed by atoms with E-state index in [0.29, 0.717) is 38.4 Å². The molecule has 9 heteroatoms. The molecule has 166 valence electrons. The van der Waals surface area contributed by atoms with E-state index >= 15 is 0 Å². The zero-order valence-corrected chi connectivity index (χ0v) is 19.4. The van der Waals surface area contributed by atoms with E-state index in [1.54, 1.807) is 12.1 Å². The van der Waals surface area contributed by atoms with Crippen LogP contribution < -0.4 is 0 Å². The average Bonchev–Trinajstić information content (AvgIpc) is 3.11. The molecular weight excluding hydrogens is 436 g/mol. The largest absolute Gasteiger partial charge is 0.379 e. The lowest BCUT2D eigenvalue weighted by molar-refractivity contribution is 0.0730. The van der Waals surface area contributed by atoms with Crippen LogP contribution in [0.25, 0.3) is 11.0 Å². The van der Waals surface area contributed by atoms with Crippen LogP contribution in [0.3, 0.4) is 0 Å². The van der Waals surface area contributed by atoms with Crippen molar-refractivity contribution in [3.8, 4) is 0 Å². The van der Waals surface area contributed by atoms with Gasteiger partial charge >= 0.3 is 0 Å². The number of hydrogen-bond acceptors (Lipinski definition) is 5. The maximum atomic E-state index is 13.0. The summed E-state index contributed by atoms with van der Waals surface area (Å²) in [7, 11) is -1.50. The second kappa shape index (κ2) is 9.26. The summed E-state index contributed by atoms with van der Waals surface area (Å²) in [4.78, 5) is 7.25. The van der Waals surface area contributed by atoms with Crippen LogP contribution in [0.1, 0.15) is 18.3 Å². The number of imidazole rings is 1. The Labute approximate surface area is 188 Å². The van der Waals surface area contributed by atoms with Crippen molar-refractivity contribution < 1.29 is 13.2 Å². The first-order chi connectivity index (χ1) is 14.9. The van der Waals surface area contributed by atoms with Gasteiger partial charge in [0.2, 0.25) is 10.0 Å². The van der Waals surface area contributed by atoms with Crippen molar-refractivity contribution in [2.45, 2.75) is 31.5 Å². The highest BCUT2D eigenvalue weighted by Gasteiger charge is 2.27. The van der Waals surface area contributed by atoms with Crippen LogP contribution in [0.15, 0.2) is 47.4 Å². The molecule has 1 aliphatic heterocycles. The van der Waals surface area contributed by atoms with Crippen molar-refractivity contribution in [1.82, 2.24) is 18.8 Å². The van der Waals surface area contributed by atoms with E-state index in [9.17, 15) is 8.42 Å². The molecule has 1 aliphatic rings. The van der Waals surface area contributed by atoms with Gasteiger partial charge in [-0.2, -0.15) is 4.31 Å². The van der Waals surface area contributed by atoms with Crippen LogP contribution in [0, 0.1) is 0 Å². The van der Waals surface area contributed by atoms with Gasteiger partial charge in [-0.3, -0.25) is 4.90 Å². The molecule has 0 aliphatic carbocycles. The first-order valence-corrected chi connectivity index (χ1v) is 12.2. The van der Waals surface area contributed by atoms with Gasteiger partial charge in [0.25, 0.3) is 0 Å². The molecule has 4 rings (SSSR count). The number of hydrogen-bond donors (Lipinski definition) is 0. The Kier molecular flexibility index (Phi) is 6.64. The molecule has 2 heterocycles. The first kappa shape index (κ1) is 22.2. The molecule has 1 saturated heterocycles. The minimum atomic E-state index is -3.55. The predicted molar refractivity (Wildman–Crippen MR) is 122 cm³/mol. The second-order valence-electron chi connectivity index (χ2n) is 7.74. The molecule has 1 fully saturated rings. The molecule has 0 saturated carbocycles. The van der Waals surface area contributed by atoms with Crippen molar-refractivity contribution in [3.05, 3.63) is 58.9 Å². The molecular formula is C22H27ClN4O3S. The molecule has 0 radical (unpaired) electrons. The van der Waals surface area contributed by atoms with E-state index in [-0.39, 0.29) is 4.90 Å².